The molecule has 0 aliphatic heterocycles. The summed E-state index contributed by atoms with van der Waals surface area (Å²) in [6.07, 6.45) is 0.420. The molecule has 1 aliphatic rings. The highest BCUT2D eigenvalue weighted by molar-refractivity contribution is 9.09. The number of halogens is 3. The van der Waals surface area contributed by atoms with Gasteiger partial charge in [0.2, 0.25) is 5.92 Å². The summed E-state index contributed by atoms with van der Waals surface area (Å²) in [5.41, 5.74) is 3.00. The molecule has 5 heteroatoms. The van der Waals surface area contributed by atoms with E-state index in [0.717, 1.165) is 11.1 Å². The Morgan fingerprint density at radius 2 is 1.88 bits per heavy atom. The number of fused-ring (bicyclic) bond motifs is 1. The van der Waals surface area contributed by atoms with Gasteiger partial charge in [-0.3, -0.25) is 4.79 Å². The van der Waals surface area contributed by atoms with Gasteiger partial charge in [-0.2, -0.15) is 0 Å². The summed E-state index contributed by atoms with van der Waals surface area (Å²) in [6.45, 7) is 5.67. The van der Waals surface area contributed by atoms with E-state index in [4.69, 9.17) is 4.42 Å². The van der Waals surface area contributed by atoms with Crippen LogP contribution in [-0.4, -0.2) is 5.92 Å². The Bertz CT molecular complexity index is 829. The molecule has 0 N–H and O–H groups in total. The monoisotopic (exact) mass is 398 g/mol. The minimum atomic E-state index is -2.59. The minimum Gasteiger partial charge on any atom is -0.460 e. The Labute approximate surface area is 148 Å². The van der Waals surface area contributed by atoms with E-state index in [1.807, 2.05) is 26.0 Å². The summed E-state index contributed by atoms with van der Waals surface area (Å²) in [5.74, 6) is -2.11. The first-order chi connectivity index (χ1) is 11.2. The molecule has 1 fully saturated rings. The van der Waals surface area contributed by atoms with Gasteiger partial charge in [0, 0.05) is 34.7 Å². The molecular weight excluding hydrogens is 378 g/mol. The lowest BCUT2D eigenvalue weighted by Crippen LogP contribution is -2.25. The van der Waals surface area contributed by atoms with Crippen molar-refractivity contribution in [1.29, 1.82) is 0 Å². The summed E-state index contributed by atoms with van der Waals surface area (Å²) in [6, 6.07) is 3.84. The van der Waals surface area contributed by atoms with Gasteiger partial charge in [-0.1, -0.05) is 22.0 Å². The van der Waals surface area contributed by atoms with E-state index in [1.54, 1.807) is 6.92 Å². The third-order valence-electron chi connectivity index (χ3n) is 4.95. The Morgan fingerprint density at radius 3 is 2.46 bits per heavy atom. The van der Waals surface area contributed by atoms with Crippen molar-refractivity contribution in [3.8, 4) is 0 Å². The molecule has 1 atom stereocenters. The predicted octanol–water partition coefficient (Wildman–Crippen LogP) is 6.16. The number of aryl methyl sites for hydroxylation is 1. The van der Waals surface area contributed by atoms with Crippen molar-refractivity contribution in [2.24, 2.45) is 0 Å². The van der Waals surface area contributed by atoms with E-state index in [0.29, 0.717) is 35.1 Å². The number of hydrogen-bond acceptors (Lipinski definition) is 2. The van der Waals surface area contributed by atoms with Crippen molar-refractivity contribution in [2.45, 2.75) is 63.1 Å². The van der Waals surface area contributed by atoms with Crippen molar-refractivity contribution in [3.05, 3.63) is 44.8 Å². The zero-order chi connectivity index (χ0) is 17.6. The van der Waals surface area contributed by atoms with Crippen molar-refractivity contribution >= 4 is 26.9 Å². The average molecular weight is 399 g/mol. The molecule has 1 saturated carbocycles. The molecule has 1 aromatic heterocycles. The molecule has 1 unspecified atom stereocenters. The maximum absolute atomic E-state index is 13.4. The molecule has 130 valence electrons. The van der Waals surface area contributed by atoms with E-state index in [-0.39, 0.29) is 29.0 Å². The minimum absolute atomic E-state index is 0.0364. The zero-order valence-corrected chi connectivity index (χ0v) is 15.7. The first kappa shape index (κ1) is 17.6. The molecule has 0 bridgehead atoms. The van der Waals surface area contributed by atoms with Gasteiger partial charge in [-0.25, -0.2) is 8.78 Å². The lowest BCUT2D eigenvalue weighted by atomic mass is 9.83. The van der Waals surface area contributed by atoms with Crippen molar-refractivity contribution in [2.75, 3.05) is 0 Å². The van der Waals surface area contributed by atoms with Crippen molar-refractivity contribution < 1.29 is 13.2 Å². The van der Waals surface area contributed by atoms with Crippen LogP contribution in [0.2, 0.25) is 0 Å². The van der Waals surface area contributed by atoms with Gasteiger partial charge in [0.15, 0.2) is 5.43 Å². The fourth-order valence-electron chi connectivity index (χ4n) is 3.57. The number of hydrogen-bond donors (Lipinski definition) is 0. The highest BCUT2D eigenvalue weighted by atomic mass is 79.9. The highest BCUT2D eigenvalue weighted by Crippen LogP contribution is 2.42. The second-order valence-corrected chi connectivity index (χ2v) is 8.27. The van der Waals surface area contributed by atoms with E-state index >= 15 is 0 Å². The van der Waals surface area contributed by atoms with E-state index in [1.165, 1.54) is 0 Å². The van der Waals surface area contributed by atoms with Crippen LogP contribution in [0.1, 0.15) is 65.8 Å². The van der Waals surface area contributed by atoms with Crippen LogP contribution in [0, 0.1) is 13.8 Å². The zero-order valence-electron chi connectivity index (χ0n) is 14.1. The van der Waals surface area contributed by atoms with Crippen molar-refractivity contribution in [1.82, 2.24) is 0 Å². The fraction of sp³-hybridized carbons (Fsp3) is 0.526. The summed E-state index contributed by atoms with van der Waals surface area (Å²) in [5, 5.41) is 0.568. The molecule has 0 radical (unpaired) electrons. The lowest BCUT2D eigenvalue weighted by molar-refractivity contribution is -0.0395. The van der Waals surface area contributed by atoms with Gasteiger partial charge in [-0.15, -0.1) is 0 Å². The smallest absolute Gasteiger partial charge is 0.248 e. The van der Waals surface area contributed by atoms with Crippen LogP contribution in [0.25, 0.3) is 11.0 Å². The van der Waals surface area contributed by atoms with E-state index < -0.39 is 5.92 Å². The first-order valence-electron chi connectivity index (χ1n) is 8.29. The summed E-state index contributed by atoms with van der Waals surface area (Å²) >= 11 is 3.56. The second kappa shape index (κ2) is 6.25. The molecule has 1 heterocycles. The van der Waals surface area contributed by atoms with Crippen LogP contribution in [-0.2, 0) is 0 Å². The average Bonchev–Trinajstić information content (AvgIpc) is 2.51. The quantitative estimate of drug-likeness (QED) is 0.567. The molecule has 1 aliphatic carbocycles. The maximum atomic E-state index is 13.4. The summed E-state index contributed by atoms with van der Waals surface area (Å²) < 4.78 is 33.0. The normalized spacial score (nSPS) is 19.6. The Kier molecular flexibility index (Phi) is 4.58. The maximum Gasteiger partial charge on any atom is 0.248 e. The molecule has 1 aromatic carbocycles. The molecular formula is C19H21BrF2O2. The van der Waals surface area contributed by atoms with Gasteiger partial charge in [0.05, 0.1) is 5.39 Å². The number of rotatable bonds is 2. The third-order valence-corrected chi connectivity index (χ3v) is 5.44. The van der Waals surface area contributed by atoms with E-state index in [2.05, 4.69) is 15.9 Å². The molecule has 0 spiro atoms. The summed E-state index contributed by atoms with van der Waals surface area (Å²) in [4.78, 5) is 12.9. The first-order valence-corrected chi connectivity index (χ1v) is 9.21. The molecule has 2 nitrogen and oxygen atoms in total. The van der Waals surface area contributed by atoms with Crippen LogP contribution in [0.15, 0.2) is 21.3 Å². The third kappa shape index (κ3) is 3.15. The molecule has 2 aromatic rings. The van der Waals surface area contributed by atoms with Crippen molar-refractivity contribution in [3.63, 3.8) is 0 Å². The fourth-order valence-corrected chi connectivity index (χ4v) is 3.91. The number of alkyl halides is 3. The number of benzene rings is 1. The molecule has 3 rings (SSSR count). The Balaban J connectivity index is 2.17. The second-order valence-electron chi connectivity index (χ2n) is 6.90. The predicted molar refractivity (Wildman–Crippen MR) is 95.5 cm³/mol. The van der Waals surface area contributed by atoms with Gasteiger partial charge in [0.25, 0.3) is 0 Å². The SMILES string of the molecule is Cc1cc(C(C)Br)c2oc(C3CCC(F)(F)CC3)c(C)c(=O)c2c1. The van der Waals surface area contributed by atoms with Gasteiger partial charge >= 0.3 is 0 Å². The lowest BCUT2D eigenvalue weighted by Gasteiger charge is -2.28. The van der Waals surface area contributed by atoms with Gasteiger partial charge < -0.3 is 4.42 Å². The van der Waals surface area contributed by atoms with Gasteiger partial charge in [-0.05, 0) is 45.2 Å². The Hall–Kier alpha value is -1.23. The van der Waals surface area contributed by atoms with Crippen LogP contribution in [0.4, 0.5) is 8.78 Å². The van der Waals surface area contributed by atoms with Crippen LogP contribution >= 0.6 is 15.9 Å². The Morgan fingerprint density at radius 1 is 1.25 bits per heavy atom. The topological polar surface area (TPSA) is 30.2 Å². The summed E-state index contributed by atoms with van der Waals surface area (Å²) in [7, 11) is 0. The van der Waals surface area contributed by atoms with Crippen LogP contribution in [0.3, 0.4) is 0 Å². The largest absolute Gasteiger partial charge is 0.460 e. The molecule has 0 saturated heterocycles. The van der Waals surface area contributed by atoms with E-state index in [9.17, 15) is 13.6 Å². The highest BCUT2D eigenvalue weighted by Gasteiger charge is 2.37. The van der Waals surface area contributed by atoms with Crippen LogP contribution in [0.5, 0.6) is 0 Å². The molecule has 0 amide bonds. The van der Waals surface area contributed by atoms with Crippen LogP contribution < -0.4 is 5.43 Å². The molecule has 24 heavy (non-hydrogen) atoms. The van der Waals surface area contributed by atoms with Gasteiger partial charge in [0.1, 0.15) is 11.3 Å². The standard InChI is InChI=1S/C19H21BrF2O2/c1-10-8-14(12(3)20)18-15(9-10)16(23)11(2)17(24-18)13-4-6-19(21,22)7-5-13/h8-9,12-13H,4-7H2,1-3H3.